The van der Waals surface area contributed by atoms with E-state index in [0.717, 1.165) is 11.1 Å². The van der Waals surface area contributed by atoms with E-state index in [4.69, 9.17) is 4.42 Å². The van der Waals surface area contributed by atoms with Crippen LogP contribution in [0, 0.1) is 0 Å². The largest absolute Gasteiger partial charge is 0.438 e. The van der Waals surface area contributed by atoms with E-state index in [9.17, 15) is 4.79 Å². The smallest absolute Gasteiger partial charge is 0.406 e. The Balaban J connectivity index is 1.91. The molecule has 0 aliphatic carbocycles. The predicted molar refractivity (Wildman–Crippen MR) is 70.0 cm³/mol. The van der Waals surface area contributed by atoms with Gasteiger partial charge in [0, 0.05) is 0 Å². The highest BCUT2D eigenvalue weighted by molar-refractivity contribution is 5.72. The van der Waals surface area contributed by atoms with Gasteiger partial charge in [0.1, 0.15) is 5.52 Å². The summed E-state index contributed by atoms with van der Waals surface area (Å²) in [5.74, 6) is -0.396. The highest BCUT2D eigenvalue weighted by atomic mass is 16.4. The number of para-hydroxylation sites is 2. The number of rotatable bonds is 3. The van der Waals surface area contributed by atoms with Crippen molar-refractivity contribution in [2.75, 3.05) is 5.43 Å². The van der Waals surface area contributed by atoms with E-state index >= 15 is 0 Å². The van der Waals surface area contributed by atoms with E-state index in [-0.39, 0.29) is 0 Å². The quantitative estimate of drug-likeness (QED) is 0.764. The first-order valence-corrected chi connectivity index (χ1v) is 5.73. The highest BCUT2D eigenvalue weighted by Gasteiger charge is 2.07. The summed E-state index contributed by atoms with van der Waals surface area (Å²) in [5.41, 5.74) is 5.50. The summed E-state index contributed by atoms with van der Waals surface area (Å²) >= 11 is 0. The zero-order valence-corrected chi connectivity index (χ0v) is 9.67. The van der Waals surface area contributed by atoms with E-state index in [1.165, 1.54) is 4.68 Å². The van der Waals surface area contributed by atoms with E-state index in [1.807, 2.05) is 48.5 Å². The van der Waals surface area contributed by atoms with Gasteiger partial charge >= 0.3 is 5.76 Å². The number of fused-ring (bicyclic) bond motifs is 1. The zero-order valence-electron chi connectivity index (χ0n) is 9.67. The van der Waals surface area contributed by atoms with Crippen LogP contribution in [0.5, 0.6) is 0 Å². The third kappa shape index (κ3) is 1.88. The van der Waals surface area contributed by atoms with Crippen molar-refractivity contribution in [1.29, 1.82) is 0 Å². The van der Waals surface area contributed by atoms with Gasteiger partial charge in [0.05, 0.1) is 6.54 Å². The van der Waals surface area contributed by atoms with Crippen LogP contribution in [0.25, 0.3) is 11.1 Å². The lowest BCUT2D eigenvalue weighted by Gasteiger charge is -2.06. The van der Waals surface area contributed by atoms with Gasteiger partial charge in [-0.05, 0) is 17.7 Å². The fraction of sp³-hybridized carbons (Fsp3) is 0.0714. The summed E-state index contributed by atoms with van der Waals surface area (Å²) in [7, 11) is 0. The maximum Gasteiger partial charge on any atom is 0.438 e. The van der Waals surface area contributed by atoms with Crippen LogP contribution in [0.2, 0.25) is 0 Å². The van der Waals surface area contributed by atoms with Crippen LogP contribution in [0.3, 0.4) is 0 Å². The minimum absolute atomic E-state index is 0.396. The van der Waals surface area contributed by atoms with E-state index in [2.05, 4.69) is 5.43 Å². The monoisotopic (exact) mass is 240 g/mol. The van der Waals surface area contributed by atoms with Gasteiger partial charge in [-0.3, -0.25) is 0 Å². The maximum atomic E-state index is 11.7. The molecular formula is C14H12N2O2. The first kappa shape index (κ1) is 10.7. The molecule has 0 fully saturated rings. The van der Waals surface area contributed by atoms with E-state index in [0.29, 0.717) is 12.1 Å². The van der Waals surface area contributed by atoms with Gasteiger partial charge in [-0.2, -0.15) is 4.68 Å². The first-order valence-electron chi connectivity index (χ1n) is 5.73. The van der Waals surface area contributed by atoms with Crippen LogP contribution in [0.15, 0.2) is 63.8 Å². The summed E-state index contributed by atoms with van der Waals surface area (Å²) in [5, 5.41) is 0. The standard InChI is InChI=1S/C14H12N2O2/c17-14-16(12-8-4-5-9-13(12)18-14)15-10-11-6-2-1-3-7-11/h1-9,15H,10H2. The molecule has 0 amide bonds. The van der Waals surface area contributed by atoms with Crippen LogP contribution in [0.1, 0.15) is 5.56 Å². The van der Waals surface area contributed by atoms with Crippen LogP contribution >= 0.6 is 0 Å². The normalized spacial score (nSPS) is 10.7. The van der Waals surface area contributed by atoms with Gasteiger partial charge in [0.15, 0.2) is 5.58 Å². The van der Waals surface area contributed by atoms with Crippen molar-refractivity contribution in [3.8, 4) is 0 Å². The summed E-state index contributed by atoms with van der Waals surface area (Å²) < 4.78 is 6.57. The third-order valence-corrected chi connectivity index (χ3v) is 2.77. The second kappa shape index (κ2) is 4.41. The summed E-state index contributed by atoms with van der Waals surface area (Å²) in [4.78, 5) is 11.7. The van der Waals surface area contributed by atoms with Gasteiger partial charge < -0.3 is 9.84 Å². The lowest BCUT2D eigenvalue weighted by Crippen LogP contribution is -2.24. The van der Waals surface area contributed by atoms with Gasteiger partial charge in [-0.1, -0.05) is 42.5 Å². The average molecular weight is 240 g/mol. The molecule has 4 heteroatoms. The molecule has 0 aliphatic heterocycles. The maximum absolute atomic E-state index is 11.7. The lowest BCUT2D eigenvalue weighted by molar-refractivity contribution is 0.527. The molecule has 0 radical (unpaired) electrons. The zero-order chi connectivity index (χ0) is 12.4. The molecule has 1 aromatic heterocycles. The molecule has 0 spiro atoms. The van der Waals surface area contributed by atoms with Gasteiger partial charge in [-0.15, -0.1) is 0 Å². The Morgan fingerprint density at radius 3 is 2.56 bits per heavy atom. The Hall–Kier alpha value is -2.49. The SMILES string of the molecule is O=c1oc2ccccc2n1NCc1ccccc1. The van der Waals surface area contributed by atoms with Crippen molar-refractivity contribution in [3.63, 3.8) is 0 Å². The van der Waals surface area contributed by atoms with Crippen molar-refractivity contribution in [2.24, 2.45) is 0 Å². The highest BCUT2D eigenvalue weighted by Crippen LogP contribution is 2.10. The molecule has 1 N–H and O–H groups in total. The molecule has 0 unspecified atom stereocenters. The summed E-state index contributed by atoms with van der Waals surface area (Å²) in [6.07, 6.45) is 0. The number of nitrogens with zero attached hydrogens (tertiary/aromatic N) is 1. The van der Waals surface area contributed by atoms with Crippen LogP contribution in [0.4, 0.5) is 0 Å². The number of oxazole rings is 1. The van der Waals surface area contributed by atoms with E-state index in [1.54, 1.807) is 6.07 Å². The molecule has 0 saturated heterocycles. The lowest BCUT2D eigenvalue weighted by atomic mass is 10.2. The summed E-state index contributed by atoms with van der Waals surface area (Å²) in [6.45, 7) is 0.574. The first-order chi connectivity index (χ1) is 8.84. The molecule has 90 valence electrons. The van der Waals surface area contributed by atoms with Crippen molar-refractivity contribution >= 4 is 11.1 Å². The second-order valence-electron chi connectivity index (χ2n) is 3.99. The van der Waals surface area contributed by atoms with Gasteiger partial charge in [0.25, 0.3) is 0 Å². The van der Waals surface area contributed by atoms with Crippen molar-refractivity contribution in [2.45, 2.75) is 6.54 Å². The number of nitrogens with one attached hydrogen (secondary N) is 1. The molecule has 3 aromatic rings. The molecular weight excluding hydrogens is 228 g/mol. The molecule has 0 aliphatic rings. The summed E-state index contributed by atoms with van der Waals surface area (Å²) in [6, 6.07) is 17.2. The molecule has 0 atom stereocenters. The molecule has 0 saturated carbocycles. The topological polar surface area (TPSA) is 47.2 Å². The Bertz CT molecular complexity index is 713. The molecule has 2 aromatic carbocycles. The van der Waals surface area contributed by atoms with Gasteiger partial charge in [-0.25, -0.2) is 4.79 Å². The van der Waals surface area contributed by atoms with Gasteiger partial charge in [0.2, 0.25) is 0 Å². The van der Waals surface area contributed by atoms with E-state index < -0.39 is 5.76 Å². The number of aromatic nitrogens is 1. The Labute approximate surface area is 103 Å². The average Bonchev–Trinajstić information content (AvgIpc) is 2.73. The van der Waals surface area contributed by atoms with Crippen molar-refractivity contribution in [3.05, 3.63) is 70.7 Å². The fourth-order valence-corrected chi connectivity index (χ4v) is 1.88. The molecule has 18 heavy (non-hydrogen) atoms. The molecule has 1 heterocycles. The van der Waals surface area contributed by atoms with Crippen LogP contribution < -0.4 is 11.2 Å². The van der Waals surface area contributed by atoms with Crippen molar-refractivity contribution in [1.82, 2.24) is 4.68 Å². The minimum Gasteiger partial charge on any atom is -0.406 e. The van der Waals surface area contributed by atoms with Crippen LogP contribution in [-0.4, -0.2) is 4.68 Å². The molecule has 3 rings (SSSR count). The number of hydrogen-bond donors (Lipinski definition) is 1. The Morgan fingerprint density at radius 1 is 1.00 bits per heavy atom. The molecule has 4 nitrogen and oxygen atoms in total. The number of benzene rings is 2. The fourth-order valence-electron chi connectivity index (χ4n) is 1.88. The minimum atomic E-state index is -0.396. The Morgan fingerprint density at radius 2 is 1.72 bits per heavy atom. The Kier molecular flexibility index (Phi) is 2.61. The van der Waals surface area contributed by atoms with Crippen LogP contribution in [-0.2, 0) is 6.54 Å². The van der Waals surface area contributed by atoms with Crippen molar-refractivity contribution < 1.29 is 4.42 Å². The molecule has 0 bridgehead atoms. The second-order valence-corrected chi connectivity index (χ2v) is 3.99. The predicted octanol–water partition coefficient (Wildman–Crippen LogP) is 2.34. The number of hydrogen-bond acceptors (Lipinski definition) is 3. The third-order valence-electron chi connectivity index (χ3n) is 2.77.